The van der Waals surface area contributed by atoms with Crippen molar-refractivity contribution in [2.75, 3.05) is 5.73 Å². The van der Waals surface area contributed by atoms with Crippen molar-refractivity contribution in [1.29, 1.82) is 0 Å². The molecule has 0 bridgehead atoms. The van der Waals surface area contributed by atoms with Crippen LogP contribution in [0.5, 0.6) is 0 Å². The van der Waals surface area contributed by atoms with E-state index in [1.807, 2.05) is 6.92 Å². The molecule has 8 heteroatoms. The molecule has 6 nitrogen and oxygen atoms in total. The van der Waals surface area contributed by atoms with Crippen molar-refractivity contribution in [3.63, 3.8) is 0 Å². The summed E-state index contributed by atoms with van der Waals surface area (Å²) in [6, 6.07) is 3.73. The van der Waals surface area contributed by atoms with Crippen molar-refractivity contribution in [2.24, 2.45) is 0 Å². The number of pyridine rings is 1. The Morgan fingerprint density at radius 2 is 2.00 bits per heavy atom. The topological polar surface area (TPSA) is 100 Å². The van der Waals surface area contributed by atoms with E-state index in [1.165, 1.54) is 6.20 Å². The molecule has 4 N–H and O–H groups in total. The summed E-state index contributed by atoms with van der Waals surface area (Å²) in [6.07, 6.45) is 4.63. The van der Waals surface area contributed by atoms with Gasteiger partial charge in [-0.1, -0.05) is 0 Å². The third-order valence-corrected chi connectivity index (χ3v) is 4.10. The molecule has 0 atom stereocenters. The molecule has 0 aliphatic rings. The Kier molecular flexibility index (Phi) is 3.54. The minimum Gasteiger partial charge on any atom is -0.396 e. The summed E-state index contributed by atoms with van der Waals surface area (Å²) in [6.45, 7) is 1.86. The molecule has 26 heavy (non-hydrogen) atoms. The summed E-state index contributed by atoms with van der Waals surface area (Å²) in [5.74, 6) is -2.28. The van der Waals surface area contributed by atoms with E-state index in [-0.39, 0.29) is 11.3 Å². The molecular formula is C18H13F2N5O. The molecule has 0 aliphatic carbocycles. The van der Waals surface area contributed by atoms with Gasteiger partial charge in [0.05, 0.1) is 11.3 Å². The van der Waals surface area contributed by atoms with Gasteiger partial charge < -0.3 is 15.7 Å². The lowest BCUT2D eigenvalue weighted by Crippen LogP contribution is -2.09. The largest absolute Gasteiger partial charge is 0.396 e. The van der Waals surface area contributed by atoms with Gasteiger partial charge in [0.1, 0.15) is 17.3 Å². The average molecular weight is 353 g/mol. The normalized spacial score (nSPS) is 11.2. The zero-order valence-electron chi connectivity index (χ0n) is 13.6. The molecule has 0 aliphatic heterocycles. The molecule has 0 amide bonds. The van der Waals surface area contributed by atoms with E-state index in [2.05, 4.69) is 19.9 Å². The molecule has 3 aromatic heterocycles. The highest BCUT2D eigenvalue weighted by molar-refractivity contribution is 6.16. The van der Waals surface area contributed by atoms with Crippen molar-refractivity contribution in [3.8, 4) is 11.4 Å². The number of imidazole rings is 1. The van der Waals surface area contributed by atoms with Gasteiger partial charge in [-0.2, -0.15) is 0 Å². The van der Waals surface area contributed by atoms with Crippen LogP contribution in [0.4, 0.5) is 14.5 Å². The van der Waals surface area contributed by atoms with Crippen LogP contribution in [0.1, 0.15) is 21.6 Å². The lowest BCUT2D eigenvalue weighted by molar-refractivity contribution is 0.103. The van der Waals surface area contributed by atoms with Crippen LogP contribution < -0.4 is 5.73 Å². The molecule has 3 heterocycles. The van der Waals surface area contributed by atoms with E-state index in [0.29, 0.717) is 22.4 Å². The summed E-state index contributed by atoms with van der Waals surface area (Å²) in [5, 5.41) is 0.433. The number of nitrogens with two attached hydrogens (primary N) is 1. The highest BCUT2D eigenvalue weighted by atomic mass is 19.1. The number of anilines is 1. The Morgan fingerprint density at radius 3 is 2.73 bits per heavy atom. The molecule has 0 radical (unpaired) electrons. The fraction of sp³-hybridized carbons (Fsp3) is 0.0556. The molecule has 0 spiro atoms. The van der Waals surface area contributed by atoms with Crippen molar-refractivity contribution in [3.05, 3.63) is 65.2 Å². The van der Waals surface area contributed by atoms with E-state index in [1.54, 1.807) is 18.5 Å². The van der Waals surface area contributed by atoms with Crippen LogP contribution in [0.2, 0.25) is 0 Å². The second-order valence-electron chi connectivity index (χ2n) is 5.89. The van der Waals surface area contributed by atoms with E-state index >= 15 is 0 Å². The number of carbonyl (C=O) groups excluding carboxylic acids is 1. The number of rotatable bonds is 3. The molecule has 130 valence electrons. The fourth-order valence-corrected chi connectivity index (χ4v) is 2.79. The maximum atomic E-state index is 14.2. The number of aromatic amines is 2. The minimum absolute atomic E-state index is 0.0982. The van der Waals surface area contributed by atoms with Crippen LogP contribution in [0.25, 0.3) is 22.4 Å². The molecule has 0 saturated heterocycles. The van der Waals surface area contributed by atoms with Gasteiger partial charge in [-0.3, -0.25) is 4.79 Å². The summed E-state index contributed by atoms with van der Waals surface area (Å²) in [4.78, 5) is 27.1. The predicted octanol–water partition coefficient (Wildman–Crippen LogP) is 3.35. The van der Waals surface area contributed by atoms with Crippen molar-refractivity contribution >= 4 is 22.5 Å². The van der Waals surface area contributed by atoms with Crippen LogP contribution in [-0.4, -0.2) is 25.7 Å². The Labute approximate surface area is 146 Å². The number of aryl methyl sites for hydroxylation is 1. The standard InChI is InChI=1S/C18H13F2N5O/c1-8-5-22-17(25-8)9-4-10-11(7-24-18(10)23-6-9)16(26)14-12(19)2-3-13(21)15(14)20/h2-7H,21H2,1H3,(H,22,25)(H,23,24). The lowest BCUT2D eigenvalue weighted by Gasteiger charge is -2.06. The van der Waals surface area contributed by atoms with Crippen LogP contribution in [0, 0.1) is 18.6 Å². The zero-order chi connectivity index (χ0) is 18.4. The van der Waals surface area contributed by atoms with E-state index in [0.717, 1.165) is 17.8 Å². The average Bonchev–Trinajstić information content (AvgIpc) is 3.24. The quantitative estimate of drug-likeness (QED) is 0.388. The molecule has 1 aromatic carbocycles. The van der Waals surface area contributed by atoms with Gasteiger partial charge >= 0.3 is 0 Å². The number of fused-ring (bicyclic) bond motifs is 1. The van der Waals surface area contributed by atoms with Gasteiger partial charge in [0.2, 0.25) is 5.78 Å². The van der Waals surface area contributed by atoms with Crippen molar-refractivity contribution in [1.82, 2.24) is 19.9 Å². The maximum absolute atomic E-state index is 14.2. The van der Waals surface area contributed by atoms with Gasteiger partial charge in [0.25, 0.3) is 0 Å². The number of halogens is 2. The van der Waals surface area contributed by atoms with Gasteiger partial charge in [-0.05, 0) is 25.1 Å². The number of nitrogens with zero attached hydrogens (tertiary/aromatic N) is 2. The Bertz CT molecular complexity index is 1160. The molecule has 0 saturated carbocycles. The SMILES string of the molecule is Cc1cnc(-c2cnc3[nH]cc(C(=O)c4c(F)ccc(N)c4F)c3c2)[nH]1. The van der Waals surface area contributed by atoms with E-state index < -0.39 is 23.0 Å². The lowest BCUT2D eigenvalue weighted by atomic mass is 10.0. The Hall–Kier alpha value is -3.55. The molecule has 0 fully saturated rings. The number of aromatic nitrogens is 4. The summed E-state index contributed by atoms with van der Waals surface area (Å²) in [7, 11) is 0. The highest BCUT2D eigenvalue weighted by Crippen LogP contribution is 2.27. The second kappa shape index (κ2) is 5.76. The highest BCUT2D eigenvalue weighted by Gasteiger charge is 2.24. The number of hydrogen-bond donors (Lipinski definition) is 3. The smallest absolute Gasteiger partial charge is 0.201 e. The fourth-order valence-electron chi connectivity index (χ4n) is 2.79. The van der Waals surface area contributed by atoms with Crippen LogP contribution in [0.15, 0.2) is 36.8 Å². The number of ketones is 1. The number of nitrogens with one attached hydrogen (secondary N) is 2. The number of H-pyrrole nitrogens is 2. The first kappa shape index (κ1) is 15.9. The number of carbonyl (C=O) groups is 1. The van der Waals surface area contributed by atoms with Crippen LogP contribution >= 0.6 is 0 Å². The van der Waals surface area contributed by atoms with Gasteiger partial charge in [-0.15, -0.1) is 0 Å². The van der Waals surface area contributed by atoms with E-state index in [9.17, 15) is 13.6 Å². The maximum Gasteiger partial charge on any atom is 0.201 e. The Morgan fingerprint density at radius 1 is 1.19 bits per heavy atom. The molecule has 0 unspecified atom stereocenters. The summed E-state index contributed by atoms with van der Waals surface area (Å²) < 4.78 is 28.3. The number of benzene rings is 1. The van der Waals surface area contributed by atoms with Crippen molar-refractivity contribution < 1.29 is 13.6 Å². The van der Waals surface area contributed by atoms with Crippen LogP contribution in [0.3, 0.4) is 0 Å². The monoisotopic (exact) mass is 353 g/mol. The number of hydrogen-bond acceptors (Lipinski definition) is 4. The third kappa shape index (κ3) is 2.43. The van der Waals surface area contributed by atoms with Crippen LogP contribution in [-0.2, 0) is 0 Å². The summed E-state index contributed by atoms with van der Waals surface area (Å²) in [5.41, 5.74) is 6.52. The van der Waals surface area contributed by atoms with Gasteiger partial charge in [-0.25, -0.2) is 18.7 Å². The molecular weight excluding hydrogens is 340 g/mol. The predicted molar refractivity (Wildman–Crippen MR) is 92.6 cm³/mol. The second-order valence-corrected chi connectivity index (χ2v) is 5.89. The minimum atomic E-state index is -1.07. The molecule has 4 rings (SSSR count). The van der Waals surface area contributed by atoms with Gasteiger partial charge in [0, 0.05) is 40.8 Å². The first-order chi connectivity index (χ1) is 12.5. The zero-order valence-corrected chi connectivity index (χ0v) is 13.6. The van der Waals surface area contributed by atoms with Crippen molar-refractivity contribution in [2.45, 2.75) is 6.92 Å². The number of nitrogen functional groups attached to an aromatic ring is 1. The van der Waals surface area contributed by atoms with Gasteiger partial charge in [0.15, 0.2) is 5.82 Å². The molecule has 4 aromatic rings. The summed E-state index contributed by atoms with van der Waals surface area (Å²) >= 11 is 0. The third-order valence-electron chi connectivity index (χ3n) is 4.10. The first-order valence-corrected chi connectivity index (χ1v) is 7.73. The first-order valence-electron chi connectivity index (χ1n) is 7.73. The Balaban J connectivity index is 1.87. The van der Waals surface area contributed by atoms with E-state index in [4.69, 9.17) is 5.73 Å².